The first-order valence-electron chi connectivity index (χ1n) is 8.04. The predicted octanol–water partition coefficient (Wildman–Crippen LogP) is 4.99. The Labute approximate surface area is 138 Å². The quantitative estimate of drug-likeness (QED) is 0.823. The molecule has 1 atom stereocenters. The molecule has 1 N–H and O–H groups in total. The molecule has 0 radical (unpaired) electrons. The molecule has 1 aromatic carbocycles. The second kappa shape index (κ2) is 6.70. The minimum atomic E-state index is 0.373. The van der Waals surface area contributed by atoms with Gasteiger partial charge in [0.2, 0.25) is 0 Å². The van der Waals surface area contributed by atoms with Crippen molar-refractivity contribution in [3.05, 3.63) is 28.2 Å². The zero-order chi connectivity index (χ0) is 15.6. The van der Waals surface area contributed by atoms with Gasteiger partial charge >= 0.3 is 0 Å². The lowest BCUT2D eigenvalue weighted by Crippen LogP contribution is -2.38. The number of hydrogen-bond donors (Lipinski definition) is 1. The van der Waals surface area contributed by atoms with Crippen LogP contribution in [0, 0.1) is 11.3 Å². The molecule has 0 saturated carbocycles. The van der Waals surface area contributed by atoms with Gasteiger partial charge in [0.1, 0.15) is 0 Å². The van der Waals surface area contributed by atoms with E-state index in [1.165, 1.54) is 37.2 Å². The van der Waals surface area contributed by atoms with Crippen LogP contribution < -0.4 is 10.2 Å². The van der Waals surface area contributed by atoms with Crippen LogP contribution in [0.1, 0.15) is 52.1 Å². The zero-order valence-corrected chi connectivity index (χ0v) is 15.6. The van der Waals surface area contributed by atoms with Crippen molar-refractivity contribution in [2.45, 2.75) is 46.6 Å². The van der Waals surface area contributed by atoms with E-state index in [1.807, 2.05) is 7.05 Å². The molecule has 1 unspecified atom stereocenters. The van der Waals surface area contributed by atoms with Crippen LogP contribution in [0.5, 0.6) is 0 Å². The van der Waals surface area contributed by atoms with E-state index in [0.29, 0.717) is 11.5 Å². The molecule has 0 amide bonds. The van der Waals surface area contributed by atoms with E-state index in [4.69, 9.17) is 0 Å². The summed E-state index contributed by atoms with van der Waals surface area (Å²) in [4.78, 5) is 2.57. The third-order valence-electron chi connectivity index (χ3n) is 4.95. The molecular formula is C18H29BrN2. The summed E-state index contributed by atoms with van der Waals surface area (Å²) in [5.74, 6) is 0.842. The summed E-state index contributed by atoms with van der Waals surface area (Å²) in [5, 5.41) is 3.37. The Bertz CT molecular complexity index is 471. The first-order valence-corrected chi connectivity index (χ1v) is 8.84. The first-order chi connectivity index (χ1) is 9.82. The van der Waals surface area contributed by atoms with Gasteiger partial charge in [-0.3, -0.25) is 0 Å². The van der Waals surface area contributed by atoms with Gasteiger partial charge in [0.15, 0.2) is 0 Å². The highest BCUT2D eigenvalue weighted by atomic mass is 79.9. The SMILES string of the molecule is CNC(C)c1cc(Br)ccc1N1CCC(C(C)(C)C)CC1. The van der Waals surface area contributed by atoms with Crippen LogP contribution in [0.15, 0.2) is 22.7 Å². The molecule has 1 saturated heterocycles. The number of nitrogens with one attached hydrogen (secondary N) is 1. The number of nitrogens with zero attached hydrogens (tertiary/aromatic N) is 1. The summed E-state index contributed by atoms with van der Waals surface area (Å²) < 4.78 is 1.16. The zero-order valence-electron chi connectivity index (χ0n) is 14.0. The van der Waals surface area contributed by atoms with Gasteiger partial charge in [0.05, 0.1) is 0 Å². The van der Waals surface area contributed by atoms with E-state index < -0.39 is 0 Å². The van der Waals surface area contributed by atoms with Crippen molar-refractivity contribution in [3.8, 4) is 0 Å². The normalized spacial score (nSPS) is 18.9. The van der Waals surface area contributed by atoms with Crippen molar-refractivity contribution >= 4 is 21.6 Å². The highest BCUT2D eigenvalue weighted by molar-refractivity contribution is 9.10. The van der Waals surface area contributed by atoms with Crippen molar-refractivity contribution in [2.75, 3.05) is 25.0 Å². The molecule has 1 heterocycles. The van der Waals surface area contributed by atoms with Crippen molar-refractivity contribution in [1.82, 2.24) is 5.32 Å². The van der Waals surface area contributed by atoms with Crippen LogP contribution in [0.4, 0.5) is 5.69 Å². The molecule has 0 aliphatic carbocycles. The van der Waals surface area contributed by atoms with Crippen LogP contribution in [-0.4, -0.2) is 20.1 Å². The largest absolute Gasteiger partial charge is 0.371 e. The Morgan fingerprint density at radius 3 is 2.38 bits per heavy atom. The minimum absolute atomic E-state index is 0.373. The van der Waals surface area contributed by atoms with Gasteiger partial charge in [-0.05, 0) is 61.9 Å². The van der Waals surface area contributed by atoms with Gasteiger partial charge < -0.3 is 10.2 Å². The van der Waals surface area contributed by atoms with Gasteiger partial charge in [-0.2, -0.15) is 0 Å². The Morgan fingerprint density at radius 1 is 1.24 bits per heavy atom. The summed E-state index contributed by atoms with van der Waals surface area (Å²) in [7, 11) is 2.03. The number of halogens is 1. The van der Waals surface area contributed by atoms with Crippen LogP contribution >= 0.6 is 15.9 Å². The number of rotatable bonds is 3. The third-order valence-corrected chi connectivity index (χ3v) is 5.44. The Hall–Kier alpha value is -0.540. The number of piperidine rings is 1. The lowest BCUT2D eigenvalue weighted by molar-refractivity contribution is 0.199. The van der Waals surface area contributed by atoms with Gasteiger partial charge in [-0.1, -0.05) is 36.7 Å². The van der Waals surface area contributed by atoms with Crippen molar-refractivity contribution in [3.63, 3.8) is 0 Å². The van der Waals surface area contributed by atoms with Crippen LogP contribution in [0.3, 0.4) is 0 Å². The van der Waals surface area contributed by atoms with E-state index in [0.717, 1.165) is 10.4 Å². The Kier molecular flexibility index (Phi) is 5.37. The standard InChI is InChI=1S/C18H29BrN2/c1-13(20-5)16-12-15(19)6-7-17(16)21-10-8-14(9-11-21)18(2,3)4/h6-7,12-14,20H,8-11H2,1-5H3. The molecule has 2 rings (SSSR count). The summed E-state index contributed by atoms with van der Waals surface area (Å²) in [6.45, 7) is 11.7. The average molecular weight is 353 g/mol. The highest BCUT2D eigenvalue weighted by Crippen LogP contribution is 2.37. The van der Waals surface area contributed by atoms with E-state index in [9.17, 15) is 0 Å². The third kappa shape index (κ3) is 4.01. The maximum absolute atomic E-state index is 3.61. The van der Waals surface area contributed by atoms with Gasteiger partial charge in [-0.25, -0.2) is 0 Å². The molecule has 118 valence electrons. The molecule has 3 heteroatoms. The molecular weight excluding hydrogens is 324 g/mol. The summed E-state index contributed by atoms with van der Waals surface area (Å²) in [5.41, 5.74) is 3.22. The molecule has 1 aliphatic rings. The van der Waals surface area contributed by atoms with E-state index in [-0.39, 0.29) is 0 Å². The molecule has 21 heavy (non-hydrogen) atoms. The molecule has 1 aliphatic heterocycles. The van der Waals surface area contributed by atoms with Gasteiger partial charge in [0, 0.05) is 29.3 Å². The predicted molar refractivity (Wildman–Crippen MR) is 96.0 cm³/mol. The molecule has 0 spiro atoms. The smallest absolute Gasteiger partial charge is 0.0415 e. The fourth-order valence-electron chi connectivity index (χ4n) is 3.30. The van der Waals surface area contributed by atoms with E-state index >= 15 is 0 Å². The topological polar surface area (TPSA) is 15.3 Å². The maximum Gasteiger partial charge on any atom is 0.0415 e. The number of hydrogen-bond acceptors (Lipinski definition) is 2. The highest BCUT2D eigenvalue weighted by Gasteiger charge is 2.29. The Morgan fingerprint density at radius 2 is 1.86 bits per heavy atom. The number of anilines is 1. The molecule has 1 fully saturated rings. The lowest BCUT2D eigenvalue weighted by atomic mass is 9.75. The average Bonchev–Trinajstić information content (AvgIpc) is 2.45. The monoisotopic (exact) mass is 352 g/mol. The van der Waals surface area contributed by atoms with E-state index in [2.05, 4.69) is 72.0 Å². The van der Waals surface area contributed by atoms with Gasteiger partial charge in [-0.15, -0.1) is 0 Å². The molecule has 0 aromatic heterocycles. The van der Waals surface area contributed by atoms with E-state index in [1.54, 1.807) is 0 Å². The van der Waals surface area contributed by atoms with Crippen molar-refractivity contribution in [2.24, 2.45) is 11.3 Å². The summed E-state index contributed by atoms with van der Waals surface area (Å²) in [6, 6.07) is 7.06. The molecule has 0 bridgehead atoms. The second-order valence-corrected chi connectivity index (χ2v) is 8.26. The fraction of sp³-hybridized carbons (Fsp3) is 0.667. The molecule has 2 nitrogen and oxygen atoms in total. The lowest BCUT2D eigenvalue weighted by Gasteiger charge is -2.40. The summed E-state index contributed by atoms with van der Waals surface area (Å²) in [6.07, 6.45) is 2.60. The van der Waals surface area contributed by atoms with Crippen molar-refractivity contribution in [1.29, 1.82) is 0 Å². The van der Waals surface area contributed by atoms with Crippen molar-refractivity contribution < 1.29 is 0 Å². The second-order valence-electron chi connectivity index (χ2n) is 7.34. The minimum Gasteiger partial charge on any atom is -0.371 e. The maximum atomic E-state index is 3.61. The van der Waals surface area contributed by atoms with Crippen LogP contribution in [0.25, 0.3) is 0 Å². The molecule has 1 aromatic rings. The van der Waals surface area contributed by atoms with Crippen LogP contribution in [-0.2, 0) is 0 Å². The summed E-state index contributed by atoms with van der Waals surface area (Å²) >= 11 is 3.61. The van der Waals surface area contributed by atoms with Crippen LogP contribution in [0.2, 0.25) is 0 Å². The fourth-order valence-corrected chi connectivity index (χ4v) is 3.68. The number of benzene rings is 1. The Balaban J connectivity index is 2.17. The van der Waals surface area contributed by atoms with Gasteiger partial charge in [0.25, 0.3) is 0 Å². The first kappa shape index (κ1) is 16.8.